The second-order valence-corrected chi connectivity index (χ2v) is 5.26. The minimum atomic E-state index is -0.911. The molecule has 1 heterocycles. The number of carbonyl (C=O) groups is 1. The van der Waals surface area contributed by atoms with Gasteiger partial charge in [-0.25, -0.2) is 4.79 Å². The summed E-state index contributed by atoms with van der Waals surface area (Å²) in [5.74, 6) is 0.689. The molecule has 0 amide bonds. The van der Waals surface area contributed by atoms with E-state index < -0.39 is 5.97 Å². The highest BCUT2D eigenvalue weighted by atomic mass is 32.2. The lowest BCUT2D eigenvalue weighted by Crippen LogP contribution is -2.05. The number of benzene rings is 2. The molecule has 0 aliphatic carbocycles. The van der Waals surface area contributed by atoms with Crippen molar-refractivity contribution in [2.75, 3.05) is 6.26 Å². The molecule has 3 nitrogen and oxygen atoms in total. The molecule has 2 aromatic carbocycles. The van der Waals surface area contributed by atoms with Crippen molar-refractivity contribution < 1.29 is 14.6 Å². The van der Waals surface area contributed by atoms with E-state index in [2.05, 4.69) is 6.07 Å². The molecular formula is C15H12O3S. The molecule has 4 heteroatoms. The molecule has 96 valence electrons. The molecule has 0 bridgehead atoms. The van der Waals surface area contributed by atoms with E-state index in [0.29, 0.717) is 12.0 Å². The van der Waals surface area contributed by atoms with Gasteiger partial charge in [-0.15, -0.1) is 11.8 Å². The third kappa shape index (κ3) is 2.19. The molecule has 1 N–H and O–H groups in total. The first kappa shape index (κ1) is 12.1. The molecule has 0 atom stereocenters. The van der Waals surface area contributed by atoms with Gasteiger partial charge in [0.25, 0.3) is 0 Å². The maximum absolute atomic E-state index is 11.0. The number of carboxylic acids is 1. The average molecular weight is 272 g/mol. The summed E-state index contributed by atoms with van der Waals surface area (Å²) in [7, 11) is 0. The van der Waals surface area contributed by atoms with Gasteiger partial charge in [-0.2, -0.15) is 0 Å². The van der Waals surface area contributed by atoms with Crippen LogP contribution in [0.5, 0.6) is 11.5 Å². The third-order valence-electron chi connectivity index (χ3n) is 3.18. The Bertz CT molecular complexity index is 664. The molecule has 0 saturated carbocycles. The average Bonchev–Trinajstić information content (AvgIpc) is 2.43. The van der Waals surface area contributed by atoms with E-state index in [-0.39, 0.29) is 0 Å². The van der Waals surface area contributed by atoms with Crippen LogP contribution in [0.25, 0.3) is 0 Å². The van der Waals surface area contributed by atoms with E-state index in [1.54, 1.807) is 30.0 Å². The van der Waals surface area contributed by atoms with Gasteiger partial charge in [0.15, 0.2) is 0 Å². The Hall–Kier alpha value is -1.94. The van der Waals surface area contributed by atoms with E-state index in [9.17, 15) is 4.79 Å². The van der Waals surface area contributed by atoms with E-state index in [4.69, 9.17) is 9.84 Å². The number of thioether (sulfide) groups is 1. The molecule has 19 heavy (non-hydrogen) atoms. The van der Waals surface area contributed by atoms with Crippen LogP contribution in [0.15, 0.2) is 41.3 Å². The lowest BCUT2D eigenvalue weighted by molar-refractivity contribution is 0.0696. The second-order valence-electron chi connectivity index (χ2n) is 4.38. The molecule has 0 spiro atoms. The van der Waals surface area contributed by atoms with Crippen molar-refractivity contribution >= 4 is 17.7 Å². The van der Waals surface area contributed by atoms with Crippen molar-refractivity contribution in [2.24, 2.45) is 0 Å². The number of hydrogen-bond donors (Lipinski definition) is 1. The summed E-state index contributed by atoms with van der Waals surface area (Å²) in [5.41, 5.74) is 2.32. The summed E-state index contributed by atoms with van der Waals surface area (Å²) in [6.45, 7) is 0. The molecule has 1 aliphatic heterocycles. The van der Waals surface area contributed by atoms with Gasteiger partial charge in [-0.05, 0) is 42.7 Å². The highest BCUT2D eigenvalue weighted by Crippen LogP contribution is 2.38. The summed E-state index contributed by atoms with van der Waals surface area (Å²) in [4.78, 5) is 12.2. The summed E-state index contributed by atoms with van der Waals surface area (Å²) < 4.78 is 5.81. The van der Waals surface area contributed by atoms with Gasteiger partial charge < -0.3 is 9.84 Å². The van der Waals surface area contributed by atoms with Crippen molar-refractivity contribution in [1.82, 2.24) is 0 Å². The molecule has 1 aliphatic rings. The van der Waals surface area contributed by atoms with Crippen LogP contribution in [-0.4, -0.2) is 17.3 Å². The zero-order valence-corrected chi connectivity index (χ0v) is 11.2. The van der Waals surface area contributed by atoms with Crippen LogP contribution in [0.3, 0.4) is 0 Å². The predicted molar refractivity (Wildman–Crippen MR) is 74.5 cm³/mol. The van der Waals surface area contributed by atoms with Crippen LogP contribution in [0.4, 0.5) is 0 Å². The molecule has 0 aromatic heterocycles. The van der Waals surface area contributed by atoms with Gasteiger partial charge in [-0.1, -0.05) is 0 Å². The molecule has 0 radical (unpaired) electrons. The van der Waals surface area contributed by atoms with Crippen LogP contribution in [0.2, 0.25) is 0 Å². The fraction of sp³-hybridized carbons (Fsp3) is 0.133. The van der Waals surface area contributed by atoms with Crippen molar-refractivity contribution in [3.05, 3.63) is 53.1 Å². The van der Waals surface area contributed by atoms with Crippen LogP contribution in [-0.2, 0) is 6.42 Å². The fourth-order valence-corrected chi connectivity index (χ4v) is 2.66. The summed E-state index contributed by atoms with van der Waals surface area (Å²) in [6, 6.07) is 11.1. The largest absolute Gasteiger partial charge is 0.478 e. The Balaban J connectivity index is 2.02. The Morgan fingerprint density at radius 2 is 1.84 bits per heavy atom. The highest BCUT2D eigenvalue weighted by molar-refractivity contribution is 7.98. The number of fused-ring (bicyclic) bond motifs is 2. The maximum Gasteiger partial charge on any atom is 0.335 e. The van der Waals surface area contributed by atoms with E-state index in [1.165, 1.54) is 4.90 Å². The van der Waals surface area contributed by atoms with Crippen LogP contribution in [0.1, 0.15) is 21.5 Å². The monoisotopic (exact) mass is 272 g/mol. The van der Waals surface area contributed by atoms with Crippen molar-refractivity contribution in [2.45, 2.75) is 11.3 Å². The first-order chi connectivity index (χ1) is 9.17. The Morgan fingerprint density at radius 1 is 1.16 bits per heavy atom. The summed E-state index contributed by atoms with van der Waals surface area (Å²) in [6.07, 6.45) is 2.74. The van der Waals surface area contributed by atoms with Gasteiger partial charge in [0.05, 0.1) is 5.56 Å². The third-order valence-corrected chi connectivity index (χ3v) is 3.90. The molecular weight excluding hydrogens is 260 g/mol. The second kappa shape index (κ2) is 4.63. The zero-order chi connectivity index (χ0) is 13.4. The molecule has 2 aromatic rings. The Labute approximate surface area is 115 Å². The number of rotatable bonds is 2. The highest BCUT2D eigenvalue weighted by Gasteiger charge is 2.18. The first-order valence-corrected chi connectivity index (χ1v) is 7.11. The van der Waals surface area contributed by atoms with Crippen molar-refractivity contribution in [1.29, 1.82) is 0 Å². The lowest BCUT2D eigenvalue weighted by atomic mass is 9.98. The maximum atomic E-state index is 11.0. The standard InChI is InChI=1S/C15H12O3S/c1-19-12-3-5-14-11(8-12)7-10-6-9(15(16)17)2-4-13(10)18-14/h2-6,8H,7H2,1H3,(H,16,17). The van der Waals surface area contributed by atoms with Crippen molar-refractivity contribution in [3.8, 4) is 11.5 Å². The minimum absolute atomic E-state index is 0.298. The van der Waals surface area contributed by atoms with E-state index in [0.717, 1.165) is 22.6 Å². The Kier molecular flexibility index (Phi) is 2.95. The number of aromatic carboxylic acids is 1. The van der Waals surface area contributed by atoms with Gasteiger partial charge in [0.1, 0.15) is 11.5 Å². The fourth-order valence-electron chi connectivity index (χ4n) is 2.19. The number of ether oxygens (including phenoxy) is 1. The number of hydrogen-bond acceptors (Lipinski definition) is 3. The first-order valence-electron chi connectivity index (χ1n) is 5.88. The van der Waals surface area contributed by atoms with Crippen LogP contribution < -0.4 is 4.74 Å². The van der Waals surface area contributed by atoms with Gasteiger partial charge in [-0.3, -0.25) is 0 Å². The minimum Gasteiger partial charge on any atom is -0.478 e. The van der Waals surface area contributed by atoms with Gasteiger partial charge in [0.2, 0.25) is 0 Å². The quantitative estimate of drug-likeness (QED) is 0.721. The van der Waals surface area contributed by atoms with E-state index in [1.807, 2.05) is 18.4 Å². The Morgan fingerprint density at radius 3 is 2.53 bits per heavy atom. The summed E-state index contributed by atoms with van der Waals surface area (Å²) in [5, 5.41) is 9.02. The zero-order valence-electron chi connectivity index (χ0n) is 10.3. The normalized spacial score (nSPS) is 12.3. The van der Waals surface area contributed by atoms with E-state index >= 15 is 0 Å². The van der Waals surface area contributed by atoms with Gasteiger partial charge >= 0.3 is 5.97 Å². The number of carboxylic acid groups (broad SMARTS) is 1. The molecule has 0 fully saturated rings. The summed E-state index contributed by atoms with van der Waals surface area (Å²) >= 11 is 1.68. The SMILES string of the molecule is CSc1ccc2c(c1)Cc1cc(C(=O)O)ccc1O2. The molecule has 3 rings (SSSR count). The predicted octanol–water partition coefficient (Wildman–Crippen LogP) is 3.80. The van der Waals surface area contributed by atoms with Crippen LogP contribution >= 0.6 is 11.8 Å². The van der Waals surface area contributed by atoms with Crippen molar-refractivity contribution in [3.63, 3.8) is 0 Å². The lowest BCUT2D eigenvalue weighted by Gasteiger charge is -2.21. The molecule has 0 unspecified atom stereocenters. The van der Waals surface area contributed by atoms with Gasteiger partial charge in [0, 0.05) is 22.4 Å². The smallest absolute Gasteiger partial charge is 0.335 e. The topological polar surface area (TPSA) is 46.5 Å². The molecule has 0 saturated heterocycles. The van der Waals surface area contributed by atoms with Crippen LogP contribution in [0, 0.1) is 0 Å².